The van der Waals surface area contributed by atoms with Crippen LogP contribution in [0.4, 0.5) is 0 Å². The van der Waals surface area contributed by atoms with Crippen molar-refractivity contribution in [3.63, 3.8) is 0 Å². The number of Topliss-reactive ketones (excluding diaryl/α,β-unsaturated/α-hetero) is 1. The molecule has 0 saturated carbocycles. The van der Waals surface area contributed by atoms with Crippen molar-refractivity contribution >= 4 is 23.8 Å². The Morgan fingerprint density at radius 1 is 1.00 bits per heavy atom. The molecule has 0 amide bonds. The quantitative estimate of drug-likeness (QED) is 0.214. The third kappa shape index (κ3) is 5.29. The maximum absolute atomic E-state index is 12.5. The third-order valence-electron chi connectivity index (χ3n) is 4.60. The number of ketones is 1. The highest BCUT2D eigenvalue weighted by Crippen LogP contribution is 2.25. The normalized spacial score (nSPS) is 11.0. The Labute approximate surface area is 185 Å². The highest BCUT2D eigenvalue weighted by Gasteiger charge is 2.13. The molecule has 4 aromatic rings. The van der Waals surface area contributed by atoms with E-state index in [1.54, 1.807) is 18.0 Å². The van der Waals surface area contributed by atoms with Crippen molar-refractivity contribution in [2.24, 2.45) is 5.10 Å². The van der Waals surface area contributed by atoms with Crippen molar-refractivity contribution < 1.29 is 9.53 Å². The molecule has 0 aliphatic heterocycles. The summed E-state index contributed by atoms with van der Waals surface area (Å²) in [5.41, 5.74) is 3.43. The van der Waals surface area contributed by atoms with Gasteiger partial charge in [-0.1, -0.05) is 72.4 Å². The minimum absolute atomic E-state index is 0.0561. The lowest BCUT2D eigenvalue weighted by Gasteiger charge is -2.02. The van der Waals surface area contributed by atoms with Crippen molar-refractivity contribution in [3.8, 4) is 17.0 Å². The Kier molecular flexibility index (Phi) is 6.59. The van der Waals surface area contributed by atoms with E-state index in [1.807, 2.05) is 91.1 Å². The number of aromatic nitrogens is 2. The summed E-state index contributed by atoms with van der Waals surface area (Å²) in [6, 6.07) is 26.8. The van der Waals surface area contributed by atoms with Crippen LogP contribution in [0.2, 0.25) is 0 Å². The van der Waals surface area contributed by atoms with Gasteiger partial charge in [-0.05, 0) is 29.8 Å². The molecule has 31 heavy (non-hydrogen) atoms. The van der Waals surface area contributed by atoms with Crippen LogP contribution >= 0.6 is 11.8 Å². The van der Waals surface area contributed by atoms with E-state index in [0.717, 1.165) is 22.6 Å². The minimum Gasteiger partial charge on any atom is -0.497 e. The van der Waals surface area contributed by atoms with Gasteiger partial charge >= 0.3 is 0 Å². The lowest BCUT2D eigenvalue weighted by atomic mass is 10.2. The van der Waals surface area contributed by atoms with E-state index in [4.69, 9.17) is 9.72 Å². The zero-order valence-electron chi connectivity index (χ0n) is 17.0. The van der Waals surface area contributed by atoms with Gasteiger partial charge in [-0.2, -0.15) is 5.10 Å². The lowest BCUT2D eigenvalue weighted by molar-refractivity contribution is 0.102. The molecule has 0 bridgehead atoms. The molecule has 1 aromatic heterocycles. The van der Waals surface area contributed by atoms with E-state index >= 15 is 0 Å². The number of benzene rings is 3. The van der Waals surface area contributed by atoms with Crippen molar-refractivity contribution in [1.29, 1.82) is 0 Å². The van der Waals surface area contributed by atoms with Crippen LogP contribution in [-0.2, 0) is 0 Å². The number of carbonyl (C=O) groups is 1. The monoisotopic (exact) mass is 427 g/mol. The molecule has 0 aliphatic rings. The fraction of sp³-hybridized carbons (Fsp3) is 0.0800. The maximum atomic E-state index is 12.5. The number of hydrogen-bond donors (Lipinski definition) is 0. The van der Waals surface area contributed by atoms with Crippen LogP contribution in [0.3, 0.4) is 0 Å². The molecule has 6 heteroatoms. The summed E-state index contributed by atoms with van der Waals surface area (Å²) < 4.78 is 6.92. The van der Waals surface area contributed by atoms with Crippen LogP contribution < -0.4 is 4.74 Å². The third-order valence-corrected chi connectivity index (χ3v) is 5.54. The predicted octanol–water partition coefficient (Wildman–Crippen LogP) is 5.42. The molecule has 1 heterocycles. The van der Waals surface area contributed by atoms with Crippen LogP contribution in [-0.4, -0.2) is 34.5 Å². The number of ether oxygens (including phenoxy) is 1. The molecule has 0 spiro atoms. The van der Waals surface area contributed by atoms with E-state index in [2.05, 4.69) is 5.10 Å². The highest BCUT2D eigenvalue weighted by molar-refractivity contribution is 7.99. The largest absolute Gasteiger partial charge is 0.497 e. The average Bonchev–Trinajstić information content (AvgIpc) is 3.25. The van der Waals surface area contributed by atoms with E-state index in [-0.39, 0.29) is 11.5 Å². The number of methoxy groups -OCH3 is 1. The molecule has 0 radical (unpaired) electrons. The highest BCUT2D eigenvalue weighted by atomic mass is 32.2. The second-order valence-corrected chi connectivity index (χ2v) is 7.66. The summed E-state index contributed by atoms with van der Waals surface area (Å²) in [5.74, 6) is 1.13. The van der Waals surface area contributed by atoms with E-state index in [1.165, 1.54) is 11.8 Å². The predicted molar refractivity (Wildman–Crippen MR) is 125 cm³/mol. The molecular formula is C25H21N3O2S. The van der Waals surface area contributed by atoms with Gasteiger partial charge in [0, 0.05) is 11.1 Å². The van der Waals surface area contributed by atoms with Gasteiger partial charge in [0.1, 0.15) is 5.75 Å². The molecule has 0 N–H and O–H groups in total. The number of hydrogen-bond acceptors (Lipinski definition) is 5. The van der Waals surface area contributed by atoms with E-state index < -0.39 is 0 Å². The molecule has 3 aromatic carbocycles. The molecule has 5 nitrogen and oxygen atoms in total. The first kappa shape index (κ1) is 20.6. The first-order valence-corrected chi connectivity index (χ1v) is 10.8. The van der Waals surface area contributed by atoms with Gasteiger partial charge in [0.15, 0.2) is 10.9 Å². The Balaban J connectivity index is 1.58. The van der Waals surface area contributed by atoms with Crippen molar-refractivity contribution in [1.82, 2.24) is 9.66 Å². The summed E-state index contributed by atoms with van der Waals surface area (Å²) in [6.07, 6.45) is 3.64. The van der Waals surface area contributed by atoms with Gasteiger partial charge in [0.05, 0.1) is 31.0 Å². The maximum Gasteiger partial charge on any atom is 0.189 e. The average molecular weight is 428 g/mol. The summed E-state index contributed by atoms with van der Waals surface area (Å²) >= 11 is 1.38. The number of rotatable bonds is 8. The summed E-state index contributed by atoms with van der Waals surface area (Å²) in [6.45, 7) is 0. The van der Waals surface area contributed by atoms with Gasteiger partial charge in [0.25, 0.3) is 0 Å². The zero-order chi connectivity index (χ0) is 21.5. The summed E-state index contributed by atoms with van der Waals surface area (Å²) in [4.78, 5) is 17.3. The minimum atomic E-state index is 0.0561. The van der Waals surface area contributed by atoms with Crippen molar-refractivity contribution in [2.75, 3.05) is 12.9 Å². The van der Waals surface area contributed by atoms with Crippen LogP contribution in [0.25, 0.3) is 11.3 Å². The lowest BCUT2D eigenvalue weighted by Crippen LogP contribution is -2.03. The molecule has 154 valence electrons. The second kappa shape index (κ2) is 9.91. The van der Waals surface area contributed by atoms with Crippen LogP contribution in [0.1, 0.15) is 15.9 Å². The molecule has 0 saturated heterocycles. The molecular weight excluding hydrogens is 406 g/mol. The molecule has 0 atom stereocenters. The summed E-state index contributed by atoms with van der Waals surface area (Å²) in [5, 5.41) is 5.25. The zero-order valence-corrected chi connectivity index (χ0v) is 17.8. The van der Waals surface area contributed by atoms with Crippen LogP contribution in [0.15, 0.2) is 101 Å². The summed E-state index contributed by atoms with van der Waals surface area (Å²) in [7, 11) is 1.64. The Morgan fingerprint density at radius 2 is 1.68 bits per heavy atom. The fourth-order valence-electron chi connectivity index (χ4n) is 2.94. The second-order valence-electron chi connectivity index (χ2n) is 6.71. The standard InChI is InChI=1S/C25H21N3O2S/c1-30-22-14-12-19(13-15-22)16-26-28-17-23(20-8-4-2-5-9-20)27-25(28)31-18-24(29)21-10-6-3-7-11-21/h2-17H,18H2,1H3/b26-16-. The molecule has 0 unspecified atom stereocenters. The Morgan fingerprint density at radius 3 is 2.35 bits per heavy atom. The number of carbonyl (C=O) groups excluding carboxylic acids is 1. The fourth-order valence-corrected chi connectivity index (χ4v) is 3.76. The first-order chi connectivity index (χ1) is 15.2. The van der Waals surface area contributed by atoms with Gasteiger partial charge in [-0.25, -0.2) is 9.66 Å². The van der Waals surface area contributed by atoms with Gasteiger partial charge in [-0.15, -0.1) is 0 Å². The van der Waals surface area contributed by atoms with E-state index in [0.29, 0.717) is 10.7 Å². The van der Waals surface area contributed by atoms with Gasteiger partial charge in [-0.3, -0.25) is 4.79 Å². The number of nitrogens with zero attached hydrogens (tertiary/aromatic N) is 3. The van der Waals surface area contributed by atoms with Crippen LogP contribution in [0, 0.1) is 0 Å². The molecule has 4 rings (SSSR count). The number of thioether (sulfide) groups is 1. The van der Waals surface area contributed by atoms with Crippen LogP contribution in [0.5, 0.6) is 5.75 Å². The topological polar surface area (TPSA) is 56.5 Å². The molecule has 0 fully saturated rings. The first-order valence-electron chi connectivity index (χ1n) is 9.77. The Bertz CT molecular complexity index is 1170. The molecule has 0 aliphatic carbocycles. The van der Waals surface area contributed by atoms with Crippen molar-refractivity contribution in [3.05, 3.63) is 102 Å². The smallest absolute Gasteiger partial charge is 0.189 e. The van der Waals surface area contributed by atoms with Crippen molar-refractivity contribution in [2.45, 2.75) is 5.16 Å². The SMILES string of the molecule is COc1ccc(/C=N\n2cc(-c3ccccc3)nc2SCC(=O)c2ccccc2)cc1. The van der Waals surface area contributed by atoms with Gasteiger partial charge < -0.3 is 4.74 Å². The van der Waals surface area contributed by atoms with E-state index in [9.17, 15) is 4.79 Å². The van der Waals surface area contributed by atoms with Gasteiger partial charge in [0.2, 0.25) is 0 Å². The number of imidazole rings is 1. The Hall–Kier alpha value is -3.64.